The fourth-order valence-corrected chi connectivity index (χ4v) is 3.58. The first-order chi connectivity index (χ1) is 4.93. The zero-order valence-corrected chi connectivity index (χ0v) is 8.88. The van der Waals surface area contributed by atoms with Crippen LogP contribution in [0.1, 0.15) is 5.56 Å². The van der Waals surface area contributed by atoms with Crippen LogP contribution in [0.25, 0.3) is 0 Å². The van der Waals surface area contributed by atoms with Gasteiger partial charge in [0.25, 0.3) is 0 Å². The molecule has 0 spiro atoms. The summed E-state index contributed by atoms with van der Waals surface area (Å²) < 4.78 is 22.4. The van der Waals surface area contributed by atoms with Crippen LogP contribution in [-0.2, 0) is 10.0 Å². The predicted molar refractivity (Wildman–Crippen MR) is 48.1 cm³/mol. The zero-order chi connectivity index (χ0) is 8.65. The van der Waals surface area contributed by atoms with Crippen molar-refractivity contribution in [3.8, 4) is 0 Å². The Morgan fingerprint density at radius 1 is 1.64 bits per heavy atom. The van der Waals surface area contributed by atoms with Gasteiger partial charge in [-0.2, -0.15) is 0 Å². The summed E-state index contributed by atoms with van der Waals surface area (Å²) in [5.74, 6) is 0. The summed E-state index contributed by atoms with van der Waals surface area (Å²) in [5.41, 5.74) is 0.888. The lowest BCUT2D eigenvalue weighted by molar-refractivity contribution is 0.599. The van der Waals surface area contributed by atoms with Gasteiger partial charge < -0.3 is 0 Å². The van der Waals surface area contributed by atoms with Gasteiger partial charge in [-0.25, -0.2) is 13.6 Å². The van der Waals surface area contributed by atoms with Crippen LogP contribution in [0.4, 0.5) is 0 Å². The molecule has 1 aromatic heterocycles. The molecular weight excluding hydrogens is 250 g/mol. The van der Waals surface area contributed by atoms with Crippen LogP contribution in [0, 0.1) is 6.92 Å². The largest absolute Gasteiger partial charge is 0.248 e. The summed E-state index contributed by atoms with van der Waals surface area (Å²) in [6.07, 6.45) is 0. The number of aryl methyl sites for hydroxylation is 1. The lowest BCUT2D eigenvalue weighted by atomic mass is 10.4. The molecule has 0 fully saturated rings. The van der Waals surface area contributed by atoms with Gasteiger partial charge in [0.2, 0.25) is 10.0 Å². The minimum Gasteiger partial charge on any atom is -0.224 e. The Morgan fingerprint density at radius 2 is 2.18 bits per heavy atom. The molecule has 0 aliphatic heterocycles. The summed E-state index contributed by atoms with van der Waals surface area (Å²) in [6.45, 7) is 1.81. The summed E-state index contributed by atoms with van der Waals surface area (Å²) in [7, 11) is -3.54. The number of primary sulfonamides is 1. The first kappa shape index (κ1) is 9.18. The van der Waals surface area contributed by atoms with E-state index in [-0.39, 0.29) is 4.21 Å². The second-order valence-corrected chi connectivity index (χ2v) is 5.49. The lowest BCUT2D eigenvalue weighted by Gasteiger charge is -1.92. The van der Waals surface area contributed by atoms with E-state index in [2.05, 4.69) is 15.9 Å². The zero-order valence-electron chi connectivity index (χ0n) is 5.67. The van der Waals surface area contributed by atoms with E-state index in [1.54, 1.807) is 5.38 Å². The Balaban J connectivity index is 3.38. The Labute approximate surface area is 77.4 Å². The van der Waals surface area contributed by atoms with Gasteiger partial charge in [0.1, 0.15) is 4.21 Å². The van der Waals surface area contributed by atoms with Crippen molar-refractivity contribution in [3.05, 3.63) is 15.4 Å². The van der Waals surface area contributed by atoms with Crippen LogP contribution >= 0.6 is 27.3 Å². The Morgan fingerprint density at radius 3 is 2.36 bits per heavy atom. The fourth-order valence-electron chi connectivity index (χ4n) is 0.598. The van der Waals surface area contributed by atoms with Crippen LogP contribution in [-0.4, -0.2) is 8.42 Å². The molecule has 6 heteroatoms. The molecule has 1 rings (SSSR count). The standard InChI is InChI=1S/C5H6BrNO2S2/c1-3-2-10-5(4(3)6)11(7,8)9/h2H,1H3,(H2,7,8,9). The number of halogens is 1. The van der Waals surface area contributed by atoms with Crippen molar-refractivity contribution in [3.63, 3.8) is 0 Å². The quantitative estimate of drug-likeness (QED) is 0.827. The molecular formula is C5H6BrNO2S2. The monoisotopic (exact) mass is 255 g/mol. The molecule has 0 aliphatic carbocycles. The van der Waals surface area contributed by atoms with Crippen molar-refractivity contribution in [2.24, 2.45) is 5.14 Å². The Kier molecular flexibility index (Phi) is 2.38. The van der Waals surface area contributed by atoms with Crippen LogP contribution < -0.4 is 5.14 Å². The number of rotatable bonds is 1. The van der Waals surface area contributed by atoms with Gasteiger partial charge in [-0.15, -0.1) is 11.3 Å². The maximum atomic E-state index is 10.8. The average Bonchev–Trinajstić information content (AvgIpc) is 2.11. The first-order valence-corrected chi connectivity index (χ1v) is 5.91. The minimum absolute atomic E-state index is 0.190. The molecule has 0 radical (unpaired) electrons. The minimum atomic E-state index is -3.54. The highest BCUT2D eigenvalue weighted by Crippen LogP contribution is 2.30. The number of hydrogen-bond donors (Lipinski definition) is 1. The molecule has 1 aromatic rings. The second-order valence-electron chi connectivity index (χ2n) is 2.07. The third-order valence-electron chi connectivity index (χ3n) is 1.13. The van der Waals surface area contributed by atoms with Crippen molar-refractivity contribution in [2.75, 3.05) is 0 Å². The van der Waals surface area contributed by atoms with Crippen LogP contribution in [0.2, 0.25) is 0 Å². The summed E-state index contributed by atoms with van der Waals surface area (Å²) >= 11 is 4.26. The highest BCUT2D eigenvalue weighted by atomic mass is 79.9. The summed E-state index contributed by atoms with van der Waals surface area (Å²) in [6, 6.07) is 0. The van der Waals surface area contributed by atoms with E-state index < -0.39 is 10.0 Å². The molecule has 0 atom stereocenters. The fraction of sp³-hybridized carbons (Fsp3) is 0.200. The number of nitrogens with two attached hydrogens (primary N) is 1. The van der Waals surface area contributed by atoms with Gasteiger partial charge >= 0.3 is 0 Å². The van der Waals surface area contributed by atoms with E-state index in [1.165, 1.54) is 0 Å². The molecule has 0 bridgehead atoms. The maximum Gasteiger partial charge on any atom is 0.248 e. The van der Waals surface area contributed by atoms with Gasteiger partial charge in [-0.1, -0.05) is 0 Å². The van der Waals surface area contributed by atoms with Crippen molar-refractivity contribution in [1.29, 1.82) is 0 Å². The molecule has 0 aromatic carbocycles. The van der Waals surface area contributed by atoms with E-state index in [1.807, 2.05) is 6.92 Å². The van der Waals surface area contributed by atoms with Crippen LogP contribution in [0.5, 0.6) is 0 Å². The molecule has 1 heterocycles. The average molecular weight is 256 g/mol. The van der Waals surface area contributed by atoms with E-state index in [0.717, 1.165) is 16.9 Å². The molecule has 2 N–H and O–H groups in total. The van der Waals surface area contributed by atoms with Crippen molar-refractivity contribution < 1.29 is 8.42 Å². The van der Waals surface area contributed by atoms with E-state index >= 15 is 0 Å². The maximum absolute atomic E-state index is 10.8. The van der Waals surface area contributed by atoms with Gasteiger partial charge in [0.15, 0.2) is 0 Å². The van der Waals surface area contributed by atoms with Gasteiger partial charge in [-0.3, -0.25) is 0 Å². The third kappa shape index (κ3) is 1.81. The summed E-state index contributed by atoms with van der Waals surface area (Å²) in [4.78, 5) is 0. The number of hydrogen-bond acceptors (Lipinski definition) is 3. The van der Waals surface area contributed by atoms with Gasteiger partial charge in [0.05, 0.1) is 4.47 Å². The van der Waals surface area contributed by atoms with E-state index in [4.69, 9.17) is 5.14 Å². The molecule has 0 saturated carbocycles. The highest BCUT2D eigenvalue weighted by Gasteiger charge is 2.15. The highest BCUT2D eigenvalue weighted by molar-refractivity contribution is 9.10. The smallest absolute Gasteiger partial charge is 0.224 e. The molecule has 0 amide bonds. The SMILES string of the molecule is Cc1csc(S(N)(=O)=O)c1Br. The van der Waals surface area contributed by atoms with E-state index in [0.29, 0.717) is 4.47 Å². The molecule has 11 heavy (non-hydrogen) atoms. The van der Waals surface area contributed by atoms with Crippen molar-refractivity contribution >= 4 is 37.3 Å². The topological polar surface area (TPSA) is 60.2 Å². The number of sulfonamides is 1. The molecule has 0 saturated heterocycles. The predicted octanol–water partition coefficient (Wildman–Crippen LogP) is 1.47. The molecule has 62 valence electrons. The van der Waals surface area contributed by atoms with Gasteiger partial charge in [-0.05, 0) is 33.8 Å². The normalized spacial score (nSPS) is 11.9. The van der Waals surface area contributed by atoms with Crippen LogP contribution in [0.15, 0.2) is 14.1 Å². The summed E-state index contributed by atoms with van der Waals surface area (Å²) in [5, 5.41) is 6.66. The third-order valence-corrected chi connectivity index (χ3v) is 5.27. The Bertz CT molecular complexity index is 368. The van der Waals surface area contributed by atoms with E-state index in [9.17, 15) is 8.42 Å². The van der Waals surface area contributed by atoms with Crippen molar-refractivity contribution in [1.82, 2.24) is 0 Å². The lowest BCUT2D eigenvalue weighted by Crippen LogP contribution is -2.10. The first-order valence-electron chi connectivity index (χ1n) is 2.69. The molecule has 0 aliphatic rings. The van der Waals surface area contributed by atoms with Crippen LogP contribution in [0.3, 0.4) is 0 Å². The second kappa shape index (κ2) is 2.85. The molecule has 3 nitrogen and oxygen atoms in total. The van der Waals surface area contributed by atoms with Gasteiger partial charge in [0, 0.05) is 0 Å². The Hall–Kier alpha value is 0.0900. The van der Waals surface area contributed by atoms with Crippen molar-refractivity contribution in [2.45, 2.75) is 11.1 Å². The number of thiophene rings is 1. The molecule has 0 unspecified atom stereocenters.